The van der Waals surface area contributed by atoms with Crippen molar-refractivity contribution < 1.29 is 23.8 Å². The van der Waals surface area contributed by atoms with E-state index in [1.807, 2.05) is 55.5 Å². The Kier molecular flexibility index (Phi) is 11.2. The smallest absolute Gasteiger partial charge is 0.356 e. The van der Waals surface area contributed by atoms with Gasteiger partial charge in [-0.1, -0.05) is 24.3 Å². The molecule has 0 saturated carbocycles. The van der Waals surface area contributed by atoms with Crippen molar-refractivity contribution in [2.75, 3.05) is 20.8 Å². The third-order valence-corrected chi connectivity index (χ3v) is 7.31. The Morgan fingerprint density at radius 3 is 1.60 bits per heavy atom. The van der Waals surface area contributed by atoms with Gasteiger partial charge in [0, 0.05) is 18.5 Å². The molecule has 4 heterocycles. The molecule has 0 saturated heterocycles. The second-order valence-corrected chi connectivity index (χ2v) is 10.9. The number of ether oxygens (including phenoxy) is 3. The lowest BCUT2D eigenvalue weighted by atomic mass is 10.2. The Morgan fingerprint density at radius 2 is 1.16 bits per heavy atom. The van der Waals surface area contributed by atoms with E-state index in [2.05, 4.69) is 30.1 Å². The highest BCUT2D eigenvalue weighted by molar-refractivity contribution is 5.92. The average Bonchev–Trinajstić information content (AvgIpc) is 3.74. The molecule has 14 nitrogen and oxygen atoms in total. The van der Waals surface area contributed by atoms with Gasteiger partial charge in [-0.05, 0) is 74.4 Å². The molecule has 2 N–H and O–H groups in total. The molecular formula is C36H37N9O5. The first-order valence-electron chi connectivity index (χ1n) is 15.7. The molecule has 0 aliphatic carbocycles. The number of nitrogens with zero attached hydrogens (tertiary/aromatic N) is 8. The van der Waals surface area contributed by atoms with Gasteiger partial charge in [0.25, 0.3) is 5.91 Å². The number of primary amides is 1. The molecule has 0 unspecified atom stereocenters. The van der Waals surface area contributed by atoms with Gasteiger partial charge < -0.3 is 19.9 Å². The van der Waals surface area contributed by atoms with Gasteiger partial charge in [0.15, 0.2) is 0 Å². The van der Waals surface area contributed by atoms with Crippen molar-refractivity contribution in [2.24, 2.45) is 5.73 Å². The van der Waals surface area contributed by atoms with Gasteiger partial charge in [0.2, 0.25) is 0 Å². The number of methoxy groups -OCH3 is 2. The number of aromatic nitrogens is 8. The highest BCUT2D eigenvalue weighted by Gasteiger charge is 2.19. The maximum absolute atomic E-state index is 12.3. The van der Waals surface area contributed by atoms with Crippen molar-refractivity contribution in [3.63, 3.8) is 0 Å². The first-order valence-corrected chi connectivity index (χ1v) is 15.7. The van der Waals surface area contributed by atoms with Crippen molar-refractivity contribution in [1.29, 1.82) is 0 Å². The minimum Gasteiger partial charge on any atom is -0.497 e. The van der Waals surface area contributed by atoms with Crippen LogP contribution in [0.2, 0.25) is 0 Å². The zero-order chi connectivity index (χ0) is 35.6. The highest BCUT2D eigenvalue weighted by Crippen LogP contribution is 2.21. The van der Waals surface area contributed by atoms with Crippen LogP contribution in [0.4, 0.5) is 0 Å². The lowest BCUT2D eigenvalue weighted by Crippen LogP contribution is -2.18. The second kappa shape index (κ2) is 16.1. The number of esters is 1. The molecule has 2 aromatic carbocycles. The molecule has 14 heteroatoms. The van der Waals surface area contributed by atoms with Crippen LogP contribution < -0.4 is 15.2 Å². The Bertz CT molecular complexity index is 2110. The van der Waals surface area contributed by atoms with E-state index < -0.39 is 11.9 Å². The topological polar surface area (TPSA) is 175 Å². The fourth-order valence-corrected chi connectivity index (χ4v) is 4.98. The fourth-order valence-electron chi connectivity index (χ4n) is 4.98. The molecule has 4 aromatic heterocycles. The van der Waals surface area contributed by atoms with Crippen LogP contribution in [0.1, 0.15) is 50.7 Å². The lowest BCUT2D eigenvalue weighted by molar-refractivity contribution is 0.0512. The molecule has 0 aliphatic heterocycles. The standard InChI is InChI=1S/C19H20N4O3.C17H17N5O2/c1-4-26-19(24)18-11-17(16-8-9-20-13(2)21-16)22-23(18)12-14-6-5-7-15(10-14)25-3;1-11-19-7-6-14(20-11)15-9-16(17(18)23)22(21-15)10-12-4-3-5-13(8-12)24-2/h5-11H,4,12H2,1-3H3;3-9H,10H2,1-2H3,(H2,18,23). The number of aryl methyl sites for hydroxylation is 2. The van der Waals surface area contributed by atoms with Crippen LogP contribution in [0.15, 0.2) is 85.2 Å². The Hall–Kier alpha value is -6.44. The van der Waals surface area contributed by atoms with E-state index in [4.69, 9.17) is 19.9 Å². The van der Waals surface area contributed by atoms with Crippen LogP contribution in [0.3, 0.4) is 0 Å². The van der Waals surface area contributed by atoms with Crippen LogP contribution in [-0.2, 0) is 17.8 Å². The van der Waals surface area contributed by atoms with E-state index in [1.165, 1.54) is 0 Å². The largest absolute Gasteiger partial charge is 0.497 e. The minimum atomic E-state index is -0.539. The first-order chi connectivity index (χ1) is 24.2. The summed E-state index contributed by atoms with van der Waals surface area (Å²) in [5.74, 6) is 1.81. The Balaban J connectivity index is 0.000000195. The molecule has 0 spiro atoms. The van der Waals surface area contributed by atoms with Gasteiger partial charge in [-0.15, -0.1) is 0 Å². The number of hydrogen-bond donors (Lipinski definition) is 1. The predicted molar refractivity (Wildman–Crippen MR) is 185 cm³/mol. The zero-order valence-corrected chi connectivity index (χ0v) is 28.4. The predicted octanol–water partition coefficient (Wildman–Crippen LogP) is 4.69. The number of carbonyl (C=O) groups is 2. The molecule has 0 atom stereocenters. The van der Waals surface area contributed by atoms with Crippen LogP contribution >= 0.6 is 0 Å². The van der Waals surface area contributed by atoms with E-state index in [-0.39, 0.29) is 0 Å². The highest BCUT2D eigenvalue weighted by atomic mass is 16.5. The summed E-state index contributed by atoms with van der Waals surface area (Å²) >= 11 is 0. The van der Waals surface area contributed by atoms with Crippen LogP contribution in [0.25, 0.3) is 22.8 Å². The monoisotopic (exact) mass is 675 g/mol. The van der Waals surface area contributed by atoms with Crippen LogP contribution in [-0.4, -0.2) is 72.2 Å². The molecule has 6 aromatic rings. The minimum absolute atomic E-state index is 0.297. The summed E-state index contributed by atoms with van der Waals surface area (Å²) in [4.78, 5) is 41.0. The average molecular weight is 676 g/mol. The van der Waals surface area contributed by atoms with E-state index in [9.17, 15) is 9.59 Å². The fraction of sp³-hybridized carbons (Fsp3) is 0.222. The van der Waals surface area contributed by atoms with Crippen molar-refractivity contribution >= 4 is 11.9 Å². The summed E-state index contributed by atoms with van der Waals surface area (Å²) in [6.07, 6.45) is 3.32. The van der Waals surface area contributed by atoms with Crippen molar-refractivity contribution in [2.45, 2.75) is 33.9 Å². The molecule has 256 valence electrons. The molecular weight excluding hydrogens is 638 g/mol. The summed E-state index contributed by atoms with van der Waals surface area (Å²) in [6, 6.07) is 22.0. The third-order valence-electron chi connectivity index (χ3n) is 7.31. The van der Waals surface area contributed by atoms with E-state index in [1.54, 1.807) is 74.1 Å². The maximum atomic E-state index is 12.3. The van der Waals surface area contributed by atoms with E-state index in [0.29, 0.717) is 65.5 Å². The molecule has 0 fully saturated rings. The first kappa shape index (κ1) is 34.9. The number of amides is 1. The van der Waals surface area contributed by atoms with Crippen LogP contribution in [0, 0.1) is 13.8 Å². The molecule has 0 bridgehead atoms. The second-order valence-electron chi connectivity index (χ2n) is 10.9. The van der Waals surface area contributed by atoms with Gasteiger partial charge in [0.1, 0.15) is 45.9 Å². The van der Waals surface area contributed by atoms with Gasteiger partial charge >= 0.3 is 5.97 Å². The van der Waals surface area contributed by atoms with Crippen molar-refractivity contribution in [3.8, 4) is 34.3 Å². The van der Waals surface area contributed by atoms with Crippen molar-refractivity contribution in [1.82, 2.24) is 39.5 Å². The van der Waals surface area contributed by atoms with E-state index >= 15 is 0 Å². The van der Waals surface area contributed by atoms with Gasteiger partial charge in [-0.2, -0.15) is 10.2 Å². The lowest BCUT2D eigenvalue weighted by Gasteiger charge is -2.08. The number of benzene rings is 2. The SMILES string of the molecule is CCOC(=O)c1cc(-c2ccnc(C)n2)nn1Cc1cccc(OC)c1.COc1cccc(Cn2nc(-c3ccnc(C)n3)cc2C(N)=O)c1. The summed E-state index contributed by atoms with van der Waals surface area (Å²) in [5.41, 5.74) is 10.6. The van der Waals surface area contributed by atoms with Gasteiger partial charge in [-0.3, -0.25) is 14.2 Å². The van der Waals surface area contributed by atoms with E-state index in [0.717, 1.165) is 22.6 Å². The maximum Gasteiger partial charge on any atom is 0.356 e. The summed E-state index contributed by atoms with van der Waals surface area (Å²) in [6.45, 7) is 6.49. The van der Waals surface area contributed by atoms with Crippen molar-refractivity contribution in [3.05, 3.63) is 119 Å². The number of carbonyl (C=O) groups excluding carboxylic acids is 2. The van der Waals surface area contributed by atoms with Gasteiger partial charge in [-0.25, -0.2) is 24.7 Å². The zero-order valence-electron chi connectivity index (χ0n) is 28.4. The molecule has 50 heavy (non-hydrogen) atoms. The summed E-state index contributed by atoms with van der Waals surface area (Å²) in [5, 5.41) is 9.04. The molecule has 6 rings (SSSR count). The normalized spacial score (nSPS) is 10.6. The Labute approximate surface area is 288 Å². The molecule has 0 aliphatic rings. The number of hydrogen-bond acceptors (Lipinski definition) is 11. The number of rotatable bonds is 11. The summed E-state index contributed by atoms with van der Waals surface area (Å²) in [7, 11) is 3.23. The van der Waals surface area contributed by atoms with Crippen LogP contribution in [0.5, 0.6) is 11.5 Å². The molecule has 1 amide bonds. The third kappa shape index (κ3) is 8.72. The Morgan fingerprint density at radius 1 is 0.680 bits per heavy atom. The van der Waals surface area contributed by atoms with Gasteiger partial charge in [0.05, 0.1) is 45.3 Å². The summed E-state index contributed by atoms with van der Waals surface area (Å²) < 4.78 is 18.8. The quantitative estimate of drug-likeness (QED) is 0.189. The molecule has 0 radical (unpaired) electrons. The number of nitrogens with two attached hydrogens (primary N) is 1.